The monoisotopic (exact) mass is 430 g/mol. The van der Waals surface area contributed by atoms with Crippen LogP contribution in [0.4, 0.5) is 5.69 Å². The molecule has 31 heavy (non-hydrogen) atoms. The average Bonchev–Trinajstić information content (AvgIpc) is 3.48. The maximum absolute atomic E-state index is 12.2. The molecule has 0 spiro atoms. The molecule has 0 bridgehead atoms. The van der Waals surface area contributed by atoms with Gasteiger partial charge in [0.15, 0.2) is 5.65 Å². The van der Waals surface area contributed by atoms with Crippen LogP contribution < -0.4 is 5.32 Å². The standard InChI is InChI=1S/C23H22N6OS/c30-22(15-31-18-5-1-2-6-18)25-17-10-8-16(9-11-17)19-12-13-21-26-27-23(29(21)28-19)20-7-3-4-14-24-20/h3-4,7-14,18H,1-2,5-6,15H2,(H,25,30). The van der Waals surface area contributed by atoms with Crippen LogP contribution in [0, 0.1) is 0 Å². The van der Waals surface area contributed by atoms with Crippen LogP contribution in [-0.2, 0) is 4.79 Å². The van der Waals surface area contributed by atoms with E-state index in [1.165, 1.54) is 25.7 Å². The van der Waals surface area contributed by atoms with Crippen LogP contribution in [0.15, 0.2) is 60.8 Å². The topological polar surface area (TPSA) is 85.1 Å². The summed E-state index contributed by atoms with van der Waals surface area (Å²) >= 11 is 1.77. The highest BCUT2D eigenvalue weighted by Gasteiger charge is 2.17. The van der Waals surface area contributed by atoms with Crippen molar-refractivity contribution in [3.05, 3.63) is 60.8 Å². The Hall–Kier alpha value is -3.26. The molecule has 1 aromatic carbocycles. The number of hydrogen-bond acceptors (Lipinski definition) is 6. The molecule has 1 fully saturated rings. The first-order valence-electron chi connectivity index (χ1n) is 10.4. The van der Waals surface area contributed by atoms with E-state index in [1.807, 2.05) is 54.6 Å². The van der Waals surface area contributed by atoms with Crippen molar-refractivity contribution in [2.75, 3.05) is 11.1 Å². The van der Waals surface area contributed by atoms with Crippen LogP contribution in [-0.4, -0.2) is 41.7 Å². The normalized spacial score (nSPS) is 14.2. The fourth-order valence-electron chi connectivity index (χ4n) is 3.77. The molecule has 3 heterocycles. The average molecular weight is 431 g/mol. The van der Waals surface area contributed by atoms with Gasteiger partial charge in [-0.1, -0.05) is 31.0 Å². The lowest BCUT2D eigenvalue weighted by molar-refractivity contribution is -0.113. The molecule has 5 rings (SSSR count). The Kier molecular flexibility index (Phi) is 5.62. The number of aromatic nitrogens is 5. The number of carbonyl (C=O) groups is 1. The van der Waals surface area contributed by atoms with E-state index in [9.17, 15) is 4.79 Å². The minimum absolute atomic E-state index is 0.0497. The lowest BCUT2D eigenvalue weighted by Crippen LogP contribution is -2.15. The van der Waals surface area contributed by atoms with E-state index in [4.69, 9.17) is 5.10 Å². The summed E-state index contributed by atoms with van der Waals surface area (Å²) < 4.78 is 1.70. The molecule has 0 saturated heterocycles. The summed E-state index contributed by atoms with van der Waals surface area (Å²) in [5, 5.41) is 16.8. The Labute approximate surface area is 184 Å². The minimum atomic E-state index is 0.0497. The number of benzene rings is 1. The Morgan fingerprint density at radius 2 is 1.84 bits per heavy atom. The summed E-state index contributed by atoms with van der Waals surface area (Å²) in [7, 11) is 0. The molecular formula is C23H22N6OS. The van der Waals surface area contributed by atoms with Crippen LogP contribution in [0.1, 0.15) is 25.7 Å². The molecule has 0 unspecified atom stereocenters. The minimum Gasteiger partial charge on any atom is -0.325 e. The Morgan fingerprint density at radius 1 is 1.00 bits per heavy atom. The third-order valence-corrected chi connectivity index (χ3v) is 6.75. The van der Waals surface area contributed by atoms with E-state index >= 15 is 0 Å². The molecule has 7 nitrogen and oxygen atoms in total. The highest BCUT2D eigenvalue weighted by Crippen LogP contribution is 2.29. The van der Waals surface area contributed by atoms with E-state index in [1.54, 1.807) is 22.5 Å². The van der Waals surface area contributed by atoms with Gasteiger partial charge in [0.05, 0.1) is 11.4 Å². The second-order valence-electron chi connectivity index (χ2n) is 7.57. The van der Waals surface area contributed by atoms with Gasteiger partial charge in [0.1, 0.15) is 5.69 Å². The number of amides is 1. The van der Waals surface area contributed by atoms with E-state index in [2.05, 4.69) is 20.5 Å². The highest BCUT2D eigenvalue weighted by molar-refractivity contribution is 8.00. The summed E-state index contributed by atoms with van der Waals surface area (Å²) in [5.41, 5.74) is 3.90. The van der Waals surface area contributed by atoms with E-state index in [0.717, 1.165) is 16.9 Å². The van der Waals surface area contributed by atoms with Crippen molar-refractivity contribution < 1.29 is 4.79 Å². The predicted molar refractivity (Wildman–Crippen MR) is 123 cm³/mol. The van der Waals surface area contributed by atoms with E-state index < -0.39 is 0 Å². The second kappa shape index (κ2) is 8.85. The molecule has 1 aliphatic carbocycles. The Morgan fingerprint density at radius 3 is 2.61 bits per heavy atom. The smallest absolute Gasteiger partial charge is 0.234 e. The van der Waals surface area contributed by atoms with Crippen LogP contribution in [0.25, 0.3) is 28.4 Å². The van der Waals surface area contributed by atoms with Crippen LogP contribution >= 0.6 is 11.8 Å². The molecular weight excluding hydrogens is 408 g/mol. The first-order chi connectivity index (χ1) is 15.3. The van der Waals surface area contributed by atoms with Gasteiger partial charge in [-0.05, 0) is 49.2 Å². The van der Waals surface area contributed by atoms with Crippen molar-refractivity contribution in [2.24, 2.45) is 0 Å². The molecule has 1 saturated carbocycles. The van der Waals surface area contributed by atoms with Crippen molar-refractivity contribution >= 4 is 29.0 Å². The number of hydrogen-bond donors (Lipinski definition) is 1. The number of nitrogens with one attached hydrogen (secondary N) is 1. The summed E-state index contributed by atoms with van der Waals surface area (Å²) in [5.74, 6) is 1.16. The molecule has 1 N–H and O–H groups in total. The third kappa shape index (κ3) is 4.44. The molecule has 3 aromatic heterocycles. The lowest BCUT2D eigenvalue weighted by Gasteiger charge is -2.09. The van der Waals surface area contributed by atoms with Gasteiger partial charge in [0.25, 0.3) is 0 Å². The van der Waals surface area contributed by atoms with E-state index in [-0.39, 0.29) is 5.91 Å². The van der Waals surface area contributed by atoms with Gasteiger partial charge in [-0.25, -0.2) is 0 Å². The molecule has 0 atom stereocenters. The first kappa shape index (κ1) is 19.7. The third-order valence-electron chi connectivity index (χ3n) is 5.37. The maximum Gasteiger partial charge on any atom is 0.234 e. The molecule has 0 radical (unpaired) electrons. The zero-order valence-corrected chi connectivity index (χ0v) is 17.8. The second-order valence-corrected chi connectivity index (χ2v) is 8.86. The highest BCUT2D eigenvalue weighted by atomic mass is 32.2. The van der Waals surface area contributed by atoms with Crippen molar-refractivity contribution in [3.63, 3.8) is 0 Å². The van der Waals surface area contributed by atoms with Gasteiger partial charge in [-0.3, -0.25) is 9.78 Å². The number of rotatable bonds is 6. The SMILES string of the molecule is O=C(CSC1CCCC1)Nc1ccc(-c2ccc3nnc(-c4ccccn4)n3n2)cc1. The van der Waals surface area contributed by atoms with Gasteiger partial charge >= 0.3 is 0 Å². The summed E-state index contributed by atoms with van der Waals surface area (Å²) in [4.78, 5) is 16.6. The molecule has 4 aromatic rings. The Balaban J connectivity index is 1.30. The number of fused-ring (bicyclic) bond motifs is 1. The Bertz CT molecular complexity index is 1190. The van der Waals surface area contributed by atoms with Gasteiger partial charge in [0.2, 0.25) is 11.7 Å². The van der Waals surface area contributed by atoms with Crippen molar-refractivity contribution in [3.8, 4) is 22.8 Å². The molecule has 0 aliphatic heterocycles. The van der Waals surface area contributed by atoms with Crippen LogP contribution in [0.3, 0.4) is 0 Å². The fourth-order valence-corrected chi connectivity index (χ4v) is 4.89. The molecule has 1 aliphatic rings. The van der Waals surface area contributed by atoms with E-state index in [0.29, 0.717) is 28.2 Å². The van der Waals surface area contributed by atoms with Gasteiger partial charge in [0, 0.05) is 22.7 Å². The number of carbonyl (C=O) groups excluding carboxylic acids is 1. The van der Waals surface area contributed by atoms with Gasteiger partial charge in [-0.15, -0.1) is 22.0 Å². The number of nitrogens with zero attached hydrogens (tertiary/aromatic N) is 5. The first-order valence-corrected chi connectivity index (χ1v) is 11.5. The van der Waals surface area contributed by atoms with Gasteiger partial charge in [-0.2, -0.15) is 9.61 Å². The quantitative estimate of drug-likeness (QED) is 0.486. The zero-order valence-electron chi connectivity index (χ0n) is 16.9. The number of thioether (sulfide) groups is 1. The largest absolute Gasteiger partial charge is 0.325 e. The number of pyridine rings is 1. The molecule has 8 heteroatoms. The zero-order chi connectivity index (χ0) is 21.0. The van der Waals surface area contributed by atoms with Crippen molar-refractivity contribution in [1.29, 1.82) is 0 Å². The summed E-state index contributed by atoms with van der Waals surface area (Å²) in [6.07, 6.45) is 6.77. The van der Waals surface area contributed by atoms with Crippen LogP contribution in [0.5, 0.6) is 0 Å². The lowest BCUT2D eigenvalue weighted by atomic mass is 10.1. The maximum atomic E-state index is 12.2. The number of anilines is 1. The van der Waals surface area contributed by atoms with Crippen LogP contribution in [0.2, 0.25) is 0 Å². The summed E-state index contributed by atoms with van der Waals surface area (Å²) in [6.45, 7) is 0. The molecule has 156 valence electrons. The fraction of sp³-hybridized carbons (Fsp3) is 0.261. The molecule has 1 amide bonds. The van der Waals surface area contributed by atoms with Gasteiger partial charge < -0.3 is 5.32 Å². The predicted octanol–water partition coefficient (Wildman–Crippen LogP) is 4.47. The summed E-state index contributed by atoms with van der Waals surface area (Å²) in [6, 6.07) is 17.2. The van der Waals surface area contributed by atoms with Crippen molar-refractivity contribution in [1.82, 2.24) is 24.8 Å². The van der Waals surface area contributed by atoms with Crippen molar-refractivity contribution in [2.45, 2.75) is 30.9 Å².